The van der Waals surface area contributed by atoms with Crippen LogP contribution >= 0.6 is 0 Å². The first-order valence-corrected chi connectivity index (χ1v) is 5.10. The van der Waals surface area contributed by atoms with Crippen LogP contribution in [0, 0.1) is 17.3 Å². The molecule has 14 heavy (non-hydrogen) atoms. The number of hydrogen-bond acceptors (Lipinski definition) is 2. The van der Waals surface area contributed by atoms with Gasteiger partial charge in [-0.25, -0.2) is 0 Å². The zero-order valence-corrected chi connectivity index (χ0v) is 9.04. The highest BCUT2D eigenvalue weighted by molar-refractivity contribution is 5.88. The van der Waals surface area contributed by atoms with Gasteiger partial charge in [0.05, 0.1) is 5.92 Å². The van der Waals surface area contributed by atoms with Gasteiger partial charge in [-0.3, -0.25) is 9.59 Å². The molecule has 1 aliphatic rings. The summed E-state index contributed by atoms with van der Waals surface area (Å²) in [7, 11) is 0. The largest absolute Gasteiger partial charge is 0.481 e. The van der Waals surface area contributed by atoms with Crippen molar-refractivity contribution < 1.29 is 14.7 Å². The lowest BCUT2D eigenvalue weighted by molar-refractivity contribution is -0.145. The first-order valence-electron chi connectivity index (χ1n) is 5.10. The highest BCUT2D eigenvalue weighted by atomic mass is 16.4. The molecule has 80 valence electrons. The van der Waals surface area contributed by atoms with Gasteiger partial charge in [0, 0.05) is 12.3 Å². The Labute approximate surface area is 84.5 Å². The standard InChI is InChI=1S/C11H18O3/c1-7(10(13)14)4-5-8-9(12)6-11(8,2)3/h7-8H,4-6H2,1-3H3,(H,13,14). The summed E-state index contributed by atoms with van der Waals surface area (Å²) in [4.78, 5) is 21.9. The summed E-state index contributed by atoms with van der Waals surface area (Å²) in [5, 5.41) is 8.70. The van der Waals surface area contributed by atoms with E-state index in [2.05, 4.69) is 13.8 Å². The van der Waals surface area contributed by atoms with Crippen molar-refractivity contribution in [2.24, 2.45) is 17.3 Å². The Balaban J connectivity index is 2.38. The van der Waals surface area contributed by atoms with Crippen molar-refractivity contribution in [2.75, 3.05) is 0 Å². The van der Waals surface area contributed by atoms with Gasteiger partial charge in [0.15, 0.2) is 0 Å². The zero-order chi connectivity index (χ0) is 10.9. The summed E-state index contributed by atoms with van der Waals surface area (Å²) in [6, 6.07) is 0. The van der Waals surface area contributed by atoms with Crippen LogP contribution in [0.15, 0.2) is 0 Å². The second-order valence-electron chi connectivity index (χ2n) is 5.00. The number of carbonyl (C=O) groups is 2. The highest BCUT2D eigenvalue weighted by Gasteiger charge is 2.45. The first kappa shape index (κ1) is 11.2. The Kier molecular flexibility index (Phi) is 2.98. The fourth-order valence-corrected chi connectivity index (χ4v) is 2.09. The van der Waals surface area contributed by atoms with Crippen molar-refractivity contribution in [3.8, 4) is 0 Å². The smallest absolute Gasteiger partial charge is 0.306 e. The molecule has 0 aliphatic heterocycles. The lowest BCUT2D eigenvalue weighted by atomic mass is 9.60. The number of aliphatic carboxylic acids is 1. The van der Waals surface area contributed by atoms with E-state index in [1.54, 1.807) is 6.92 Å². The maximum absolute atomic E-state index is 11.3. The van der Waals surface area contributed by atoms with E-state index in [0.717, 1.165) is 6.42 Å². The van der Waals surface area contributed by atoms with E-state index in [9.17, 15) is 9.59 Å². The van der Waals surface area contributed by atoms with Gasteiger partial charge in [-0.05, 0) is 18.3 Å². The Morgan fingerprint density at radius 3 is 2.57 bits per heavy atom. The molecule has 1 rings (SSSR count). The summed E-state index contributed by atoms with van der Waals surface area (Å²) in [6.45, 7) is 5.84. The Bertz CT molecular complexity index is 255. The fourth-order valence-electron chi connectivity index (χ4n) is 2.09. The maximum atomic E-state index is 11.3. The topological polar surface area (TPSA) is 54.4 Å². The summed E-state index contributed by atoms with van der Waals surface area (Å²) in [5.41, 5.74) is 0.0926. The van der Waals surface area contributed by atoms with Crippen molar-refractivity contribution >= 4 is 11.8 Å². The predicted octanol–water partition coefficient (Wildman–Crippen LogP) is 2.10. The van der Waals surface area contributed by atoms with Gasteiger partial charge in [-0.2, -0.15) is 0 Å². The lowest BCUT2D eigenvalue weighted by Gasteiger charge is -2.43. The van der Waals surface area contributed by atoms with E-state index in [-0.39, 0.29) is 17.3 Å². The molecule has 0 amide bonds. The third kappa shape index (κ3) is 2.14. The molecular formula is C11H18O3. The van der Waals surface area contributed by atoms with E-state index in [1.165, 1.54) is 0 Å². The molecule has 1 fully saturated rings. The summed E-state index contributed by atoms with van der Waals surface area (Å²) < 4.78 is 0. The molecule has 0 aromatic heterocycles. The molecule has 0 bridgehead atoms. The summed E-state index contributed by atoms with van der Waals surface area (Å²) in [6.07, 6.45) is 1.98. The molecule has 2 unspecified atom stereocenters. The first-order chi connectivity index (χ1) is 6.34. The molecule has 0 aromatic carbocycles. The monoisotopic (exact) mass is 198 g/mol. The van der Waals surface area contributed by atoms with E-state index in [1.807, 2.05) is 0 Å². The van der Waals surface area contributed by atoms with Gasteiger partial charge >= 0.3 is 5.97 Å². The average molecular weight is 198 g/mol. The van der Waals surface area contributed by atoms with Crippen molar-refractivity contribution in [1.82, 2.24) is 0 Å². The van der Waals surface area contributed by atoms with Crippen LogP contribution in [0.4, 0.5) is 0 Å². The van der Waals surface area contributed by atoms with Crippen LogP contribution in [0.2, 0.25) is 0 Å². The van der Waals surface area contributed by atoms with Crippen molar-refractivity contribution in [3.63, 3.8) is 0 Å². The van der Waals surface area contributed by atoms with Crippen molar-refractivity contribution in [1.29, 1.82) is 0 Å². The molecule has 1 N–H and O–H groups in total. The summed E-state index contributed by atoms with van der Waals surface area (Å²) in [5.74, 6) is -0.717. The molecule has 0 aromatic rings. The van der Waals surface area contributed by atoms with Crippen LogP contribution in [-0.4, -0.2) is 16.9 Å². The van der Waals surface area contributed by atoms with Gasteiger partial charge in [0.1, 0.15) is 5.78 Å². The number of Topliss-reactive ketones (excluding diaryl/α,β-unsaturated/α-hetero) is 1. The Morgan fingerprint density at radius 1 is 1.64 bits per heavy atom. The van der Waals surface area contributed by atoms with Crippen LogP contribution in [-0.2, 0) is 9.59 Å². The SMILES string of the molecule is CC(CCC1C(=O)CC1(C)C)C(=O)O. The van der Waals surface area contributed by atoms with Crippen molar-refractivity contribution in [3.05, 3.63) is 0 Å². The number of hydrogen-bond donors (Lipinski definition) is 1. The molecule has 0 saturated heterocycles. The molecule has 1 aliphatic carbocycles. The van der Waals surface area contributed by atoms with Crippen LogP contribution in [0.1, 0.15) is 40.0 Å². The second-order valence-corrected chi connectivity index (χ2v) is 5.00. The predicted molar refractivity (Wildman–Crippen MR) is 52.9 cm³/mol. The fraction of sp³-hybridized carbons (Fsp3) is 0.818. The number of carbonyl (C=O) groups excluding carboxylic acids is 1. The van der Waals surface area contributed by atoms with Gasteiger partial charge in [0.2, 0.25) is 0 Å². The van der Waals surface area contributed by atoms with Crippen LogP contribution < -0.4 is 0 Å². The number of carboxylic acid groups (broad SMARTS) is 1. The normalized spacial score (nSPS) is 26.8. The molecule has 0 spiro atoms. The highest BCUT2D eigenvalue weighted by Crippen LogP contribution is 2.45. The minimum absolute atomic E-state index is 0.0873. The minimum Gasteiger partial charge on any atom is -0.481 e. The molecular weight excluding hydrogens is 180 g/mol. The van der Waals surface area contributed by atoms with Crippen LogP contribution in [0.25, 0.3) is 0 Å². The quantitative estimate of drug-likeness (QED) is 0.752. The van der Waals surface area contributed by atoms with Gasteiger partial charge in [-0.15, -0.1) is 0 Å². The molecule has 1 saturated carbocycles. The van der Waals surface area contributed by atoms with Crippen LogP contribution in [0.3, 0.4) is 0 Å². The lowest BCUT2D eigenvalue weighted by Crippen LogP contribution is -2.44. The van der Waals surface area contributed by atoms with Crippen molar-refractivity contribution in [2.45, 2.75) is 40.0 Å². The molecule has 3 heteroatoms. The van der Waals surface area contributed by atoms with E-state index in [4.69, 9.17) is 5.11 Å². The molecule has 0 heterocycles. The van der Waals surface area contributed by atoms with E-state index >= 15 is 0 Å². The van der Waals surface area contributed by atoms with E-state index < -0.39 is 5.97 Å². The zero-order valence-electron chi connectivity index (χ0n) is 9.04. The number of rotatable bonds is 4. The Hall–Kier alpha value is -0.860. The number of carboxylic acids is 1. The minimum atomic E-state index is -0.769. The van der Waals surface area contributed by atoms with Gasteiger partial charge < -0.3 is 5.11 Å². The summed E-state index contributed by atoms with van der Waals surface area (Å²) >= 11 is 0. The van der Waals surface area contributed by atoms with E-state index in [0.29, 0.717) is 18.6 Å². The van der Waals surface area contributed by atoms with Gasteiger partial charge in [-0.1, -0.05) is 20.8 Å². The average Bonchev–Trinajstić information content (AvgIpc) is 2.02. The molecule has 2 atom stereocenters. The maximum Gasteiger partial charge on any atom is 0.306 e. The van der Waals surface area contributed by atoms with Gasteiger partial charge in [0.25, 0.3) is 0 Å². The Morgan fingerprint density at radius 2 is 2.21 bits per heavy atom. The second kappa shape index (κ2) is 3.71. The number of ketones is 1. The third-order valence-corrected chi connectivity index (χ3v) is 3.27. The molecule has 0 radical (unpaired) electrons. The van der Waals surface area contributed by atoms with Crippen LogP contribution in [0.5, 0.6) is 0 Å². The molecule has 3 nitrogen and oxygen atoms in total. The third-order valence-electron chi connectivity index (χ3n) is 3.27.